The van der Waals surface area contributed by atoms with Gasteiger partial charge in [0.25, 0.3) is 5.91 Å². The van der Waals surface area contributed by atoms with Crippen LogP contribution in [0.2, 0.25) is 0 Å². The number of nitrogens with one attached hydrogen (secondary N) is 1. The number of nitrogens with zero attached hydrogens (tertiary/aromatic N) is 4. The quantitative estimate of drug-likeness (QED) is 0.643. The van der Waals surface area contributed by atoms with E-state index in [1.54, 1.807) is 12.4 Å². The van der Waals surface area contributed by atoms with Crippen LogP contribution in [0.4, 0.5) is 11.5 Å². The highest BCUT2D eigenvalue weighted by Gasteiger charge is 2.36. The van der Waals surface area contributed by atoms with E-state index >= 15 is 0 Å². The van der Waals surface area contributed by atoms with Crippen LogP contribution in [-0.2, 0) is 9.53 Å². The first kappa shape index (κ1) is 20.6. The van der Waals surface area contributed by atoms with E-state index in [4.69, 9.17) is 14.7 Å². The maximum Gasteiger partial charge on any atom is 0.252 e. The number of pyridine rings is 1. The van der Waals surface area contributed by atoms with Gasteiger partial charge in [-0.05, 0) is 56.4 Å². The van der Waals surface area contributed by atoms with Crippen LogP contribution >= 0.6 is 0 Å². The number of rotatable bonds is 5. The average Bonchev–Trinajstić information content (AvgIpc) is 3.35. The van der Waals surface area contributed by atoms with E-state index in [9.17, 15) is 4.79 Å². The van der Waals surface area contributed by atoms with Crippen molar-refractivity contribution >= 4 is 17.4 Å². The minimum absolute atomic E-state index is 0.0696. The van der Waals surface area contributed by atoms with Crippen LogP contribution in [0.3, 0.4) is 0 Å². The van der Waals surface area contributed by atoms with Crippen LogP contribution in [0.25, 0.3) is 11.3 Å². The molecule has 0 bridgehead atoms. The zero-order valence-corrected chi connectivity index (χ0v) is 18.0. The van der Waals surface area contributed by atoms with Gasteiger partial charge in [-0.3, -0.25) is 9.78 Å². The first-order valence-electron chi connectivity index (χ1n) is 11.3. The van der Waals surface area contributed by atoms with Gasteiger partial charge in [0.05, 0.1) is 11.7 Å². The van der Waals surface area contributed by atoms with Crippen molar-refractivity contribution in [3.63, 3.8) is 0 Å². The van der Waals surface area contributed by atoms with E-state index in [0.717, 1.165) is 49.0 Å². The van der Waals surface area contributed by atoms with Crippen molar-refractivity contribution < 1.29 is 9.53 Å². The molecule has 5 rings (SSSR count). The number of amides is 1. The number of carbonyl (C=O) groups excluding carboxylic acids is 1. The Labute approximate surface area is 187 Å². The molecular weight excluding hydrogens is 402 g/mol. The fourth-order valence-electron chi connectivity index (χ4n) is 4.43. The maximum atomic E-state index is 13.2. The summed E-state index contributed by atoms with van der Waals surface area (Å²) in [5.74, 6) is 1.43. The van der Waals surface area contributed by atoms with Crippen molar-refractivity contribution in [2.24, 2.45) is 0 Å². The summed E-state index contributed by atoms with van der Waals surface area (Å²) in [5.41, 5.74) is 2.65. The molecule has 0 saturated carbocycles. The summed E-state index contributed by atoms with van der Waals surface area (Å²) >= 11 is 0. The van der Waals surface area contributed by atoms with Crippen molar-refractivity contribution in [1.82, 2.24) is 19.9 Å². The van der Waals surface area contributed by atoms with E-state index in [1.165, 1.54) is 0 Å². The zero-order chi connectivity index (χ0) is 21.8. The highest BCUT2D eigenvalue weighted by molar-refractivity contribution is 5.81. The summed E-state index contributed by atoms with van der Waals surface area (Å²) in [7, 11) is 0. The first-order valence-corrected chi connectivity index (χ1v) is 11.3. The molecule has 7 heteroatoms. The highest BCUT2D eigenvalue weighted by Crippen LogP contribution is 2.34. The van der Waals surface area contributed by atoms with Crippen LogP contribution in [-0.4, -0.2) is 45.0 Å². The summed E-state index contributed by atoms with van der Waals surface area (Å²) in [6, 6.07) is 15.6. The lowest BCUT2D eigenvalue weighted by molar-refractivity contribution is -0.147. The van der Waals surface area contributed by atoms with E-state index in [1.807, 2.05) is 53.4 Å². The summed E-state index contributed by atoms with van der Waals surface area (Å²) in [6.07, 6.45) is 7.84. The molecule has 2 aromatic heterocycles. The summed E-state index contributed by atoms with van der Waals surface area (Å²) in [5, 5.41) is 3.39. The Morgan fingerprint density at radius 3 is 2.72 bits per heavy atom. The Hall–Kier alpha value is -3.32. The zero-order valence-electron chi connectivity index (χ0n) is 18.0. The second kappa shape index (κ2) is 9.44. The lowest BCUT2D eigenvalue weighted by Gasteiger charge is -2.30. The van der Waals surface area contributed by atoms with Gasteiger partial charge in [-0.15, -0.1) is 0 Å². The molecule has 3 aromatic rings. The van der Waals surface area contributed by atoms with E-state index in [0.29, 0.717) is 24.8 Å². The van der Waals surface area contributed by atoms with Gasteiger partial charge in [-0.25, -0.2) is 9.97 Å². The number of likely N-dealkylation sites (tertiary alicyclic amines) is 1. The second-order valence-electron chi connectivity index (χ2n) is 8.27. The van der Waals surface area contributed by atoms with Gasteiger partial charge in [-0.1, -0.05) is 18.2 Å². The lowest BCUT2D eigenvalue weighted by atomic mass is 10.1. The Morgan fingerprint density at radius 1 is 1.03 bits per heavy atom. The predicted octanol–water partition coefficient (Wildman–Crippen LogP) is 4.51. The molecule has 2 aliphatic rings. The third kappa shape index (κ3) is 4.48. The molecule has 0 radical (unpaired) electrons. The van der Waals surface area contributed by atoms with Crippen molar-refractivity contribution in [1.29, 1.82) is 0 Å². The Kier molecular flexibility index (Phi) is 6.07. The number of anilines is 2. The molecule has 2 atom stereocenters. The number of carbonyl (C=O) groups is 1. The molecule has 2 aliphatic heterocycles. The molecule has 1 amide bonds. The molecule has 2 fully saturated rings. The van der Waals surface area contributed by atoms with Crippen molar-refractivity contribution in [2.45, 2.75) is 44.2 Å². The fourth-order valence-corrected chi connectivity index (χ4v) is 4.43. The summed E-state index contributed by atoms with van der Waals surface area (Å²) < 4.78 is 5.78. The van der Waals surface area contributed by atoms with Crippen LogP contribution in [0.1, 0.15) is 44.0 Å². The van der Waals surface area contributed by atoms with Gasteiger partial charge in [0.2, 0.25) is 0 Å². The Morgan fingerprint density at radius 2 is 1.94 bits per heavy atom. The molecule has 2 unspecified atom stereocenters. The molecular formula is C25H27N5O2. The fraction of sp³-hybridized carbons (Fsp3) is 0.360. The highest BCUT2D eigenvalue weighted by atomic mass is 16.5. The minimum Gasteiger partial charge on any atom is -0.368 e. The Balaban J connectivity index is 1.48. The SMILES string of the molecule is O=C(C1CCCCO1)N1CCCC1c1nc(Nc2ccccc2)cc(-c2cccnc2)n1. The summed E-state index contributed by atoms with van der Waals surface area (Å²) in [6.45, 7) is 1.37. The van der Waals surface area contributed by atoms with Gasteiger partial charge < -0.3 is 15.0 Å². The largest absolute Gasteiger partial charge is 0.368 e. The molecule has 1 aromatic carbocycles. The molecule has 2 saturated heterocycles. The first-order chi connectivity index (χ1) is 15.8. The Bertz CT molecular complexity index is 1050. The van der Waals surface area contributed by atoms with Gasteiger partial charge in [0.15, 0.2) is 5.82 Å². The molecule has 0 aliphatic carbocycles. The van der Waals surface area contributed by atoms with Crippen LogP contribution in [0.5, 0.6) is 0 Å². The smallest absolute Gasteiger partial charge is 0.252 e. The number of hydrogen-bond donors (Lipinski definition) is 1. The number of hydrogen-bond acceptors (Lipinski definition) is 6. The van der Waals surface area contributed by atoms with Crippen molar-refractivity contribution in [2.75, 3.05) is 18.5 Å². The molecule has 32 heavy (non-hydrogen) atoms. The summed E-state index contributed by atoms with van der Waals surface area (Å²) in [4.78, 5) is 29.1. The van der Waals surface area contributed by atoms with Crippen LogP contribution in [0.15, 0.2) is 60.9 Å². The van der Waals surface area contributed by atoms with E-state index < -0.39 is 0 Å². The van der Waals surface area contributed by atoms with E-state index in [-0.39, 0.29) is 18.1 Å². The van der Waals surface area contributed by atoms with E-state index in [2.05, 4.69) is 10.3 Å². The van der Waals surface area contributed by atoms with Gasteiger partial charge in [-0.2, -0.15) is 0 Å². The van der Waals surface area contributed by atoms with Gasteiger partial charge in [0.1, 0.15) is 11.9 Å². The monoisotopic (exact) mass is 429 g/mol. The third-order valence-electron chi connectivity index (χ3n) is 6.04. The third-order valence-corrected chi connectivity index (χ3v) is 6.04. The average molecular weight is 430 g/mol. The molecule has 7 nitrogen and oxygen atoms in total. The van der Waals surface area contributed by atoms with Crippen molar-refractivity contribution in [3.8, 4) is 11.3 Å². The number of aromatic nitrogens is 3. The molecule has 164 valence electrons. The number of ether oxygens (including phenoxy) is 1. The standard InChI is InChI=1S/C25H27N5O2/c31-25(22-12-4-5-15-32-22)30-14-7-11-21(30)24-28-20(18-8-6-13-26-17-18)16-23(29-24)27-19-9-2-1-3-10-19/h1-3,6,8-10,13,16-17,21-22H,4-5,7,11-12,14-15H2,(H,27,28,29). The normalized spacial score (nSPS) is 20.8. The number of para-hydroxylation sites is 1. The van der Waals surface area contributed by atoms with Crippen LogP contribution < -0.4 is 5.32 Å². The lowest BCUT2D eigenvalue weighted by Crippen LogP contribution is -2.41. The molecule has 0 spiro atoms. The second-order valence-corrected chi connectivity index (χ2v) is 8.27. The number of benzene rings is 1. The van der Waals surface area contributed by atoms with Gasteiger partial charge >= 0.3 is 0 Å². The van der Waals surface area contributed by atoms with Crippen LogP contribution in [0, 0.1) is 0 Å². The topological polar surface area (TPSA) is 80.2 Å². The molecule has 1 N–H and O–H groups in total. The van der Waals surface area contributed by atoms with Gasteiger partial charge in [0, 0.05) is 42.9 Å². The maximum absolute atomic E-state index is 13.2. The van der Waals surface area contributed by atoms with Crippen molar-refractivity contribution in [3.05, 3.63) is 66.7 Å². The minimum atomic E-state index is -0.340. The molecule has 4 heterocycles. The predicted molar refractivity (Wildman–Crippen MR) is 122 cm³/mol.